The quantitative estimate of drug-likeness (QED) is 0.770. The monoisotopic (exact) mass is 267 g/mol. The standard InChI is InChI=1S/C14H18ClNO2/c1-10-3-4-12(7-11(10)2)14(17)16-5-6-18-13(8-15)9-16/h3-4,7,13H,5-6,8-9H2,1-2H3. The summed E-state index contributed by atoms with van der Waals surface area (Å²) in [5.41, 5.74) is 3.09. The van der Waals surface area contributed by atoms with Gasteiger partial charge in [0.1, 0.15) is 0 Å². The van der Waals surface area contributed by atoms with Crippen molar-refractivity contribution in [3.63, 3.8) is 0 Å². The zero-order valence-corrected chi connectivity index (χ0v) is 11.5. The number of rotatable bonds is 2. The van der Waals surface area contributed by atoms with Crippen LogP contribution >= 0.6 is 11.6 Å². The predicted molar refractivity (Wildman–Crippen MR) is 72.3 cm³/mol. The molecule has 18 heavy (non-hydrogen) atoms. The average Bonchev–Trinajstić information content (AvgIpc) is 2.41. The van der Waals surface area contributed by atoms with Gasteiger partial charge in [0, 0.05) is 18.7 Å². The molecule has 1 atom stereocenters. The van der Waals surface area contributed by atoms with E-state index in [0.29, 0.717) is 25.6 Å². The summed E-state index contributed by atoms with van der Waals surface area (Å²) in [5.74, 6) is 0.494. The molecule has 0 bridgehead atoms. The van der Waals surface area contributed by atoms with E-state index >= 15 is 0 Å². The number of carbonyl (C=O) groups excluding carboxylic acids is 1. The average molecular weight is 268 g/mol. The van der Waals surface area contributed by atoms with Crippen LogP contribution in [-0.2, 0) is 4.74 Å². The molecule has 2 rings (SSSR count). The zero-order valence-electron chi connectivity index (χ0n) is 10.8. The van der Waals surface area contributed by atoms with Crippen LogP contribution in [0.25, 0.3) is 0 Å². The Bertz CT molecular complexity index is 447. The second kappa shape index (κ2) is 5.72. The van der Waals surface area contributed by atoms with E-state index in [1.165, 1.54) is 5.56 Å². The number of ether oxygens (including phenoxy) is 1. The number of hydrogen-bond donors (Lipinski definition) is 0. The van der Waals surface area contributed by atoms with E-state index in [0.717, 1.165) is 11.1 Å². The van der Waals surface area contributed by atoms with E-state index in [-0.39, 0.29) is 12.0 Å². The van der Waals surface area contributed by atoms with Crippen molar-refractivity contribution in [2.45, 2.75) is 20.0 Å². The van der Waals surface area contributed by atoms with Crippen molar-refractivity contribution in [3.8, 4) is 0 Å². The predicted octanol–water partition coefficient (Wildman–Crippen LogP) is 2.38. The van der Waals surface area contributed by atoms with Crippen molar-refractivity contribution in [1.29, 1.82) is 0 Å². The third-order valence-corrected chi connectivity index (χ3v) is 3.70. The Morgan fingerprint density at radius 3 is 2.89 bits per heavy atom. The Balaban J connectivity index is 2.12. The number of benzene rings is 1. The Kier molecular flexibility index (Phi) is 4.25. The van der Waals surface area contributed by atoms with Crippen molar-refractivity contribution >= 4 is 17.5 Å². The van der Waals surface area contributed by atoms with Gasteiger partial charge >= 0.3 is 0 Å². The van der Waals surface area contributed by atoms with Crippen LogP contribution in [0.3, 0.4) is 0 Å². The fraction of sp³-hybridized carbons (Fsp3) is 0.500. The maximum Gasteiger partial charge on any atom is 0.254 e. The molecule has 1 aromatic carbocycles. The molecule has 1 amide bonds. The number of hydrogen-bond acceptors (Lipinski definition) is 2. The number of amides is 1. The minimum absolute atomic E-state index is 0.0455. The highest BCUT2D eigenvalue weighted by Gasteiger charge is 2.24. The minimum atomic E-state index is -0.0455. The number of morpholine rings is 1. The highest BCUT2D eigenvalue weighted by molar-refractivity contribution is 6.18. The number of alkyl halides is 1. The van der Waals surface area contributed by atoms with Crippen LogP contribution in [0, 0.1) is 13.8 Å². The van der Waals surface area contributed by atoms with Gasteiger partial charge in [0.05, 0.1) is 18.6 Å². The second-order valence-electron chi connectivity index (χ2n) is 4.70. The number of halogens is 1. The van der Waals surface area contributed by atoms with Crippen LogP contribution in [0.2, 0.25) is 0 Å². The lowest BCUT2D eigenvalue weighted by Gasteiger charge is -2.32. The van der Waals surface area contributed by atoms with E-state index in [9.17, 15) is 4.79 Å². The minimum Gasteiger partial charge on any atom is -0.373 e. The molecule has 0 aromatic heterocycles. The van der Waals surface area contributed by atoms with Crippen LogP contribution in [0.4, 0.5) is 0 Å². The van der Waals surface area contributed by atoms with Gasteiger partial charge in [-0.15, -0.1) is 11.6 Å². The van der Waals surface area contributed by atoms with Crippen LogP contribution in [0.5, 0.6) is 0 Å². The van der Waals surface area contributed by atoms with Crippen molar-refractivity contribution in [1.82, 2.24) is 4.90 Å². The Morgan fingerprint density at radius 2 is 2.22 bits per heavy atom. The first-order chi connectivity index (χ1) is 8.61. The first-order valence-electron chi connectivity index (χ1n) is 6.16. The summed E-state index contributed by atoms with van der Waals surface area (Å²) in [6, 6.07) is 5.82. The molecule has 1 heterocycles. The van der Waals surface area contributed by atoms with Crippen molar-refractivity contribution in [2.75, 3.05) is 25.6 Å². The van der Waals surface area contributed by atoms with E-state index in [2.05, 4.69) is 0 Å². The van der Waals surface area contributed by atoms with Gasteiger partial charge in [-0.1, -0.05) is 6.07 Å². The van der Waals surface area contributed by atoms with Gasteiger partial charge in [-0.3, -0.25) is 4.79 Å². The highest BCUT2D eigenvalue weighted by atomic mass is 35.5. The van der Waals surface area contributed by atoms with E-state index < -0.39 is 0 Å². The molecule has 1 aliphatic rings. The molecular weight excluding hydrogens is 250 g/mol. The molecule has 1 saturated heterocycles. The molecule has 0 aliphatic carbocycles. The van der Waals surface area contributed by atoms with Crippen LogP contribution in [0.1, 0.15) is 21.5 Å². The third kappa shape index (κ3) is 2.85. The first kappa shape index (κ1) is 13.4. The lowest BCUT2D eigenvalue weighted by Crippen LogP contribution is -2.46. The molecule has 1 unspecified atom stereocenters. The molecule has 0 radical (unpaired) electrons. The summed E-state index contributed by atoms with van der Waals surface area (Å²) in [5, 5.41) is 0. The maximum absolute atomic E-state index is 12.4. The fourth-order valence-corrected chi connectivity index (χ4v) is 2.24. The molecule has 0 spiro atoms. The Labute approximate surface area is 113 Å². The maximum atomic E-state index is 12.4. The summed E-state index contributed by atoms with van der Waals surface area (Å²) in [4.78, 5) is 14.2. The van der Waals surface area contributed by atoms with Crippen molar-refractivity contribution in [3.05, 3.63) is 34.9 Å². The highest BCUT2D eigenvalue weighted by Crippen LogP contribution is 2.15. The lowest BCUT2D eigenvalue weighted by atomic mass is 10.1. The Hall–Kier alpha value is -1.06. The SMILES string of the molecule is Cc1ccc(C(=O)N2CCOC(CCl)C2)cc1C. The molecule has 1 aromatic rings. The number of aryl methyl sites for hydroxylation is 2. The van der Waals surface area contributed by atoms with E-state index in [1.807, 2.05) is 36.9 Å². The summed E-state index contributed by atoms with van der Waals surface area (Å²) < 4.78 is 5.46. The van der Waals surface area contributed by atoms with Gasteiger partial charge in [0.25, 0.3) is 5.91 Å². The Morgan fingerprint density at radius 1 is 1.44 bits per heavy atom. The first-order valence-corrected chi connectivity index (χ1v) is 6.69. The topological polar surface area (TPSA) is 29.5 Å². The second-order valence-corrected chi connectivity index (χ2v) is 5.01. The summed E-state index contributed by atoms with van der Waals surface area (Å²) >= 11 is 5.78. The summed E-state index contributed by atoms with van der Waals surface area (Å²) in [6.07, 6.45) is -0.0455. The van der Waals surface area contributed by atoms with Crippen LogP contribution in [0.15, 0.2) is 18.2 Å². The molecule has 98 valence electrons. The largest absolute Gasteiger partial charge is 0.373 e. The lowest BCUT2D eigenvalue weighted by molar-refractivity contribution is -0.0108. The van der Waals surface area contributed by atoms with Crippen LogP contribution < -0.4 is 0 Å². The molecule has 1 fully saturated rings. The molecule has 4 heteroatoms. The summed E-state index contributed by atoms with van der Waals surface area (Å²) in [6.45, 7) is 5.84. The zero-order chi connectivity index (χ0) is 13.1. The van der Waals surface area contributed by atoms with Gasteiger partial charge in [-0.2, -0.15) is 0 Å². The fourth-order valence-electron chi connectivity index (χ4n) is 2.05. The van der Waals surface area contributed by atoms with Crippen molar-refractivity contribution < 1.29 is 9.53 Å². The smallest absolute Gasteiger partial charge is 0.254 e. The van der Waals surface area contributed by atoms with E-state index in [4.69, 9.17) is 16.3 Å². The number of carbonyl (C=O) groups is 1. The number of nitrogens with zero attached hydrogens (tertiary/aromatic N) is 1. The van der Waals surface area contributed by atoms with Gasteiger partial charge in [0.15, 0.2) is 0 Å². The van der Waals surface area contributed by atoms with Gasteiger partial charge in [0.2, 0.25) is 0 Å². The van der Waals surface area contributed by atoms with E-state index in [1.54, 1.807) is 0 Å². The normalized spacial score (nSPS) is 19.9. The van der Waals surface area contributed by atoms with Crippen LogP contribution in [-0.4, -0.2) is 42.5 Å². The molecule has 1 aliphatic heterocycles. The molecule has 0 N–H and O–H groups in total. The molecule has 0 saturated carbocycles. The van der Waals surface area contributed by atoms with Gasteiger partial charge in [-0.05, 0) is 37.1 Å². The molecular formula is C14H18ClNO2. The summed E-state index contributed by atoms with van der Waals surface area (Å²) in [7, 11) is 0. The third-order valence-electron chi connectivity index (χ3n) is 3.35. The van der Waals surface area contributed by atoms with Gasteiger partial charge < -0.3 is 9.64 Å². The van der Waals surface area contributed by atoms with Gasteiger partial charge in [-0.25, -0.2) is 0 Å². The van der Waals surface area contributed by atoms with Crippen molar-refractivity contribution in [2.24, 2.45) is 0 Å². The molecule has 3 nitrogen and oxygen atoms in total.